The molecule has 2 N–H and O–H groups in total. The highest BCUT2D eigenvalue weighted by molar-refractivity contribution is 7.92. The van der Waals surface area contributed by atoms with E-state index in [-0.39, 0.29) is 30.0 Å². The quantitative estimate of drug-likeness (QED) is 0.526. The molecule has 31 heavy (non-hydrogen) atoms. The monoisotopic (exact) mass is 471 g/mol. The van der Waals surface area contributed by atoms with Gasteiger partial charge in [-0.3, -0.25) is 0 Å². The summed E-state index contributed by atoms with van der Waals surface area (Å²) in [6, 6.07) is 6.40. The maximum absolute atomic E-state index is 13.3. The van der Waals surface area contributed by atoms with Gasteiger partial charge in [0.2, 0.25) is 0 Å². The van der Waals surface area contributed by atoms with Crippen molar-refractivity contribution in [2.75, 3.05) is 13.1 Å². The van der Waals surface area contributed by atoms with Crippen molar-refractivity contribution >= 4 is 9.84 Å². The fourth-order valence-electron chi connectivity index (χ4n) is 3.64. The van der Waals surface area contributed by atoms with Crippen molar-refractivity contribution in [3.63, 3.8) is 0 Å². The Kier molecular flexibility index (Phi) is 5.64. The van der Waals surface area contributed by atoms with E-state index in [0.717, 1.165) is 36.4 Å². The van der Waals surface area contributed by atoms with Crippen LogP contribution in [0.25, 0.3) is 0 Å². The largest absolute Gasteiger partial charge is 0.430 e. The number of hydrogen-bond donors (Lipinski definition) is 2. The van der Waals surface area contributed by atoms with E-state index in [2.05, 4.69) is 5.32 Å². The molecular formula is C19H16F7NO3S. The second-order valence-corrected chi connectivity index (χ2v) is 9.42. The molecule has 0 unspecified atom stereocenters. The molecule has 1 heterocycles. The SMILES string of the molecule is O=S(=O)(c1ccc(F)cc1)[C@]1(c2ccc(C(O)(C(F)(F)F)C(F)(F)F)cc2)CCNC1. The Morgan fingerprint density at radius 2 is 1.39 bits per heavy atom. The van der Waals surface area contributed by atoms with Gasteiger partial charge >= 0.3 is 12.4 Å². The average molecular weight is 471 g/mol. The molecule has 0 spiro atoms. The van der Waals surface area contributed by atoms with E-state index in [9.17, 15) is 44.3 Å². The topological polar surface area (TPSA) is 66.4 Å². The van der Waals surface area contributed by atoms with Gasteiger partial charge < -0.3 is 10.4 Å². The molecule has 0 aromatic heterocycles. The summed E-state index contributed by atoms with van der Waals surface area (Å²) in [6.07, 6.45) is -12.1. The van der Waals surface area contributed by atoms with Crippen molar-refractivity contribution < 1.29 is 44.3 Å². The molecule has 170 valence electrons. The van der Waals surface area contributed by atoms with Crippen LogP contribution in [0.5, 0.6) is 0 Å². The lowest BCUT2D eigenvalue weighted by Gasteiger charge is -2.33. The molecule has 3 rings (SSSR count). The van der Waals surface area contributed by atoms with E-state index in [1.54, 1.807) is 0 Å². The Bertz CT molecular complexity index is 1030. The summed E-state index contributed by atoms with van der Waals surface area (Å²) >= 11 is 0. The Hall–Kier alpha value is -2.18. The average Bonchev–Trinajstić information content (AvgIpc) is 3.18. The van der Waals surface area contributed by atoms with Gasteiger partial charge in [-0.25, -0.2) is 12.8 Å². The summed E-state index contributed by atoms with van der Waals surface area (Å²) in [5.41, 5.74) is -6.66. The molecule has 0 amide bonds. The Morgan fingerprint density at radius 3 is 1.81 bits per heavy atom. The van der Waals surface area contributed by atoms with Gasteiger partial charge in [0, 0.05) is 12.1 Å². The van der Waals surface area contributed by atoms with Gasteiger partial charge in [-0.15, -0.1) is 0 Å². The molecule has 0 radical (unpaired) electrons. The second kappa shape index (κ2) is 7.45. The van der Waals surface area contributed by atoms with E-state index in [4.69, 9.17) is 0 Å². The maximum Gasteiger partial charge on any atom is 0.430 e. The third-order valence-electron chi connectivity index (χ3n) is 5.40. The first-order valence-electron chi connectivity index (χ1n) is 8.85. The van der Waals surface area contributed by atoms with Crippen molar-refractivity contribution in [1.29, 1.82) is 0 Å². The number of halogens is 7. The molecule has 1 aliphatic rings. The van der Waals surface area contributed by atoms with Crippen LogP contribution in [0.1, 0.15) is 17.5 Å². The molecule has 1 fully saturated rings. The standard InChI is InChI=1S/C19H16F7NO3S/c20-14-5-7-15(8-6-14)31(29,30)16(9-10-27-11-16)12-1-3-13(4-2-12)17(28,18(21,22)23)19(24,25)26/h1-8,27-28H,9-11H2/t16-/m1/s1. The number of aliphatic hydroxyl groups is 1. The van der Waals surface area contributed by atoms with Crippen molar-refractivity contribution in [1.82, 2.24) is 5.32 Å². The number of rotatable bonds is 4. The van der Waals surface area contributed by atoms with Crippen LogP contribution in [-0.4, -0.2) is 39.0 Å². The molecular weight excluding hydrogens is 455 g/mol. The number of alkyl halides is 6. The van der Waals surface area contributed by atoms with E-state index in [0.29, 0.717) is 12.1 Å². The lowest BCUT2D eigenvalue weighted by molar-refractivity contribution is -0.376. The first-order chi connectivity index (χ1) is 14.2. The summed E-state index contributed by atoms with van der Waals surface area (Å²) in [5, 5.41) is 12.4. The zero-order chi connectivity index (χ0) is 23.3. The summed E-state index contributed by atoms with van der Waals surface area (Å²) < 4.78 is 117. The second-order valence-electron chi connectivity index (χ2n) is 7.16. The summed E-state index contributed by atoms with van der Waals surface area (Å²) in [6.45, 7) is 0.0616. The molecule has 1 atom stereocenters. The van der Waals surface area contributed by atoms with Gasteiger partial charge in [0.25, 0.3) is 5.60 Å². The normalized spacial score (nSPS) is 20.8. The predicted octanol–water partition coefficient (Wildman–Crippen LogP) is 3.80. The van der Waals surface area contributed by atoms with E-state index < -0.39 is 43.9 Å². The Balaban J connectivity index is 2.12. The number of hydrogen-bond acceptors (Lipinski definition) is 4. The smallest absolute Gasteiger partial charge is 0.369 e. The van der Waals surface area contributed by atoms with Crippen LogP contribution in [0, 0.1) is 5.82 Å². The fraction of sp³-hybridized carbons (Fsp3) is 0.368. The molecule has 1 aliphatic heterocycles. The van der Waals surface area contributed by atoms with Crippen LogP contribution in [-0.2, 0) is 20.2 Å². The first kappa shape index (κ1) is 23.5. The molecule has 12 heteroatoms. The molecule has 2 aromatic rings. The summed E-state index contributed by atoms with van der Waals surface area (Å²) in [7, 11) is -4.21. The van der Waals surface area contributed by atoms with Gasteiger partial charge in [0.1, 0.15) is 10.6 Å². The molecule has 1 saturated heterocycles. The maximum atomic E-state index is 13.3. The van der Waals surface area contributed by atoms with E-state index in [1.165, 1.54) is 0 Å². The molecule has 2 aromatic carbocycles. The minimum absolute atomic E-state index is 0.0190. The zero-order valence-electron chi connectivity index (χ0n) is 15.6. The number of sulfone groups is 1. The van der Waals surface area contributed by atoms with Crippen LogP contribution >= 0.6 is 0 Å². The van der Waals surface area contributed by atoms with Crippen LogP contribution < -0.4 is 5.32 Å². The summed E-state index contributed by atoms with van der Waals surface area (Å²) in [4.78, 5) is -0.247. The lowest BCUT2D eigenvalue weighted by atomic mass is 9.89. The highest BCUT2D eigenvalue weighted by Gasteiger charge is 2.71. The van der Waals surface area contributed by atoms with Gasteiger partial charge in [0.05, 0.1) is 4.90 Å². The van der Waals surface area contributed by atoms with Crippen molar-refractivity contribution in [3.05, 3.63) is 65.5 Å². The zero-order valence-corrected chi connectivity index (χ0v) is 16.4. The van der Waals surface area contributed by atoms with Gasteiger partial charge in [-0.05, 0) is 42.8 Å². The highest BCUT2D eigenvalue weighted by Crippen LogP contribution is 2.50. The third kappa shape index (κ3) is 3.60. The first-order valence-corrected chi connectivity index (χ1v) is 10.3. The van der Waals surface area contributed by atoms with Crippen LogP contribution in [0.3, 0.4) is 0 Å². The molecule has 0 bridgehead atoms. The fourth-order valence-corrected chi connectivity index (χ4v) is 5.70. The van der Waals surface area contributed by atoms with Gasteiger partial charge in [0.15, 0.2) is 9.84 Å². The minimum atomic E-state index is -6.06. The van der Waals surface area contributed by atoms with E-state index >= 15 is 0 Å². The summed E-state index contributed by atoms with van der Waals surface area (Å²) in [5.74, 6) is -0.680. The molecule has 0 aliphatic carbocycles. The number of nitrogens with one attached hydrogen (secondary N) is 1. The molecule has 0 saturated carbocycles. The lowest BCUT2D eigenvalue weighted by Crippen LogP contribution is -2.54. The van der Waals surface area contributed by atoms with Gasteiger partial charge in [-0.2, -0.15) is 26.3 Å². The van der Waals surface area contributed by atoms with Crippen molar-refractivity contribution in [2.24, 2.45) is 0 Å². The number of benzene rings is 2. The minimum Gasteiger partial charge on any atom is -0.369 e. The van der Waals surface area contributed by atoms with Crippen molar-refractivity contribution in [3.8, 4) is 0 Å². The Morgan fingerprint density at radius 1 is 0.871 bits per heavy atom. The highest BCUT2D eigenvalue weighted by atomic mass is 32.2. The Labute approximate surface area is 172 Å². The van der Waals surface area contributed by atoms with Crippen molar-refractivity contribution in [2.45, 2.75) is 34.0 Å². The molecule has 4 nitrogen and oxygen atoms in total. The third-order valence-corrected chi connectivity index (χ3v) is 7.91. The van der Waals surface area contributed by atoms with Crippen LogP contribution in [0.4, 0.5) is 30.7 Å². The van der Waals surface area contributed by atoms with Gasteiger partial charge in [-0.1, -0.05) is 24.3 Å². The van der Waals surface area contributed by atoms with Crippen LogP contribution in [0.2, 0.25) is 0 Å². The predicted molar refractivity (Wildman–Crippen MR) is 95.2 cm³/mol. The van der Waals surface area contributed by atoms with E-state index in [1.807, 2.05) is 0 Å². The van der Waals surface area contributed by atoms with Crippen LogP contribution in [0.15, 0.2) is 53.4 Å².